The summed E-state index contributed by atoms with van der Waals surface area (Å²) < 4.78 is 21.5. The van der Waals surface area contributed by atoms with Gasteiger partial charge in [-0.2, -0.15) is 0 Å². The Balaban J connectivity index is 1.46. The minimum atomic E-state index is -1.13. The van der Waals surface area contributed by atoms with Crippen LogP contribution in [0.3, 0.4) is 0 Å². The normalized spacial score (nSPS) is 10.8. The molecule has 17 nitrogen and oxygen atoms in total. The smallest absolute Gasteiger partial charge is 0.215 e. The zero-order valence-electron chi connectivity index (χ0n) is 23.1. The van der Waals surface area contributed by atoms with Gasteiger partial charge >= 0.3 is 0 Å². The highest BCUT2D eigenvalue weighted by atomic mass is 16.5. The maximum atomic E-state index is 10.6. The van der Waals surface area contributed by atoms with E-state index in [4.69, 9.17) is 18.9 Å². The Hall–Kier alpha value is -7.30. The molecule has 0 aromatic heterocycles. The van der Waals surface area contributed by atoms with Gasteiger partial charge in [-0.15, -0.1) is 0 Å². The maximum absolute atomic E-state index is 10.6. The lowest BCUT2D eigenvalue weighted by Gasteiger charge is -2.18. The first-order chi connectivity index (χ1) is 22.1. The van der Waals surface area contributed by atoms with Crippen molar-refractivity contribution < 1.29 is 85.3 Å². The van der Waals surface area contributed by atoms with Crippen molar-refractivity contribution in [3.05, 3.63) is 54.6 Å². The Labute approximate surface area is 260 Å². The van der Waals surface area contributed by atoms with E-state index in [-0.39, 0.29) is 11.5 Å². The van der Waals surface area contributed by atoms with E-state index in [0.717, 1.165) is 48.5 Å². The van der Waals surface area contributed by atoms with Crippen LogP contribution >= 0.6 is 0 Å². The molecule has 0 heterocycles. The van der Waals surface area contributed by atoms with Crippen molar-refractivity contribution in [2.24, 2.45) is 0 Å². The molecule has 0 aliphatic carbocycles. The van der Waals surface area contributed by atoms with E-state index in [0.29, 0.717) is 6.07 Å². The van der Waals surface area contributed by atoms with Crippen LogP contribution in [0, 0.1) is 0 Å². The van der Waals surface area contributed by atoms with Crippen LogP contribution in [0.4, 0.5) is 0 Å². The number of hydrogen-bond donors (Lipinski definition) is 13. The molecule has 0 fully saturated rings. The molecule has 0 spiro atoms. The van der Waals surface area contributed by atoms with Gasteiger partial charge in [-0.25, -0.2) is 0 Å². The van der Waals surface area contributed by atoms with Crippen LogP contribution in [0.5, 0.6) is 121 Å². The van der Waals surface area contributed by atoms with Crippen molar-refractivity contribution in [1.82, 2.24) is 0 Å². The largest absolute Gasteiger partial charge is 0.508 e. The Morgan fingerprint density at radius 1 is 0.277 bits per heavy atom. The first kappa shape index (κ1) is 31.1. The van der Waals surface area contributed by atoms with Crippen molar-refractivity contribution >= 4 is 0 Å². The highest BCUT2D eigenvalue weighted by Gasteiger charge is 2.25. The summed E-state index contributed by atoms with van der Waals surface area (Å²) in [6.45, 7) is 0. The summed E-state index contributed by atoms with van der Waals surface area (Å²) in [5.74, 6) is -15.1. The lowest BCUT2D eigenvalue weighted by Crippen LogP contribution is -1.94. The fourth-order valence-electron chi connectivity index (χ4n) is 4.04. The molecule has 5 aromatic carbocycles. The van der Waals surface area contributed by atoms with Gasteiger partial charge in [0.25, 0.3) is 0 Å². The summed E-state index contributed by atoms with van der Waals surface area (Å²) in [5.41, 5.74) is 0. The Morgan fingerprint density at radius 3 is 1.02 bits per heavy atom. The molecule has 0 saturated heterocycles. The fraction of sp³-hybridized carbons (Fsp3) is 0. The molecule has 0 bridgehead atoms. The number of aromatic hydroxyl groups is 13. The number of ether oxygens (including phenoxy) is 4. The fourth-order valence-corrected chi connectivity index (χ4v) is 4.04. The van der Waals surface area contributed by atoms with Crippen LogP contribution in [-0.2, 0) is 0 Å². The summed E-state index contributed by atoms with van der Waals surface area (Å²) in [6.07, 6.45) is 0. The van der Waals surface area contributed by atoms with Gasteiger partial charge in [0, 0.05) is 54.6 Å². The summed E-state index contributed by atoms with van der Waals surface area (Å²) in [7, 11) is 0. The van der Waals surface area contributed by atoms with Gasteiger partial charge in [0.05, 0.1) is 0 Å². The standard InChI is InChI=1S/C30H22O17/c31-10-1-17(35)27(18(36)2-10)45-12-5-21(39)29(22(40)6-12)47-23-9-16(34)25(42)26(43)30(23)46-13-7-19(37)28(20(38)8-13)44-11-3-14(32)24(41)15(33)4-11/h1-9,31-43H. The van der Waals surface area contributed by atoms with Gasteiger partial charge in [-0.05, 0) is 0 Å². The molecule has 244 valence electrons. The topological polar surface area (TPSA) is 300 Å². The molecule has 5 rings (SSSR count). The summed E-state index contributed by atoms with van der Waals surface area (Å²) >= 11 is 0. The first-order valence-electron chi connectivity index (χ1n) is 12.7. The molecule has 17 heteroatoms. The van der Waals surface area contributed by atoms with Crippen molar-refractivity contribution in [3.8, 4) is 121 Å². The second-order valence-corrected chi connectivity index (χ2v) is 9.53. The van der Waals surface area contributed by atoms with E-state index in [9.17, 15) is 66.4 Å². The Morgan fingerprint density at radius 2 is 0.596 bits per heavy atom. The van der Waals surface area contributed by atoms with Crippen molar-refractivity contribution in [2.45, 2.75) is 0 Å². The van der Waals surface area contributed by atoms with Gasteiger partial charge in [0.15, 0.2) is 57.5 Å². The Kier molecular flexibility index (Phi) is 7.72. The van der Waals surface area contributed by atoms with Crippen LogP contribution < -0.4 is 18.9 Å². The molecule has 47 heavy (non-hydrogen) atoms. The zero-order valence-corrected chi connectivity index (χ0v) is 23.1. The minimum Gasteiger partial charge on any atom is -0.508 e. The number of benzene rings is 5. The van der Waals surface area contributed by atoms with Crippen LogP contribution in [-0.4, -0.2) is 66.4 Å². The van der Waals surface area contributed by atoms with Crippen molar-refractivity contribution in [3.63, 3.8) is 0 Å². The molecule has 13 N–H and O–H groups in total. The molecule has 0 saturated carbocycles. The second-order valence-electron chi connectivity index (χ2n) is 9.53. The van der Waals surface area contributed by atoms with E-state index in [1.807, 2.05) is 0 Å². The van der Waals surface area contributed by atoms with Crippen LogP contribution in [0.2, 0.25) is 0 Å². The lowest BCUT2D eigenvalue weighted by molar-refractivity contribution is 0.323. The van der Waals surface area contributed by atoms with Gasteiger partial charge in [0.1, 0.15) is 23.0 Å². The number of phenols is 13. The number of phenolic OH excluding ortho intramolecular Hbond substituents is 13. The summed E-state index contributed by atoms with van der Waals surface area (Å²) in [4.78, 5) is 0. The highest BCUT2D eigenvalue weighted by Crippen LogP contribution is 2.55. The third-order valence-corrected chi connectivity index (χ3v) is 6.17. The molecule has 0 atom stereocenters. The van der Waals surface area contributed by atoms with E-state index >= 15 is 0 Å². The second kappa shape index (κ2) is 11.7. The highest BCUT2D eigenvalue weighted by molar-refractivity contribution is 5.68. The van der Waals surface area contributed by atoms with Crippen LogP contribution in [0.25, 0.3) is 0 Å². The molecule has 0 aliphatic heterocycles. The SMILES string of the molecule is Oc1cc(O)c(Oc2cc(O)c(Oc3cc(O)c(O)c(O)c3Oc3cc(O)c(Oc4cc(O)c(O)c(O)c4)c(O)c3)c(O)c2)c(O)c1. The van der Waals surface area contributed by atoms with E-state index in [2.05, 4.69) is 0 Å². The number of rotatable bonds is 8. The third kappa shape index (κ3) is 6.07. The predicted molar refractivity (Wildman–Crippen MR) is 154 cm³/mol. The van der Waals surface area contributed by atoms with Crippen LogP contribution in [0.1, 0.15) is 0 Å². The predicted octanol–water partition coefficient (Wildman–Crippen LogP) is 5.03. The third-order valence-electron chi connectivity index (χ3n) is 6.17. The van der Waals surface area contributed by atoms with Gasteiger partial charge in [-0.1, -0.05) is 0 Å². The average molecular weight is 654 g/mol. The van der Waals surface area contributed by atoms with Gasteiger partial charge in [0.2, 0.25) is 40.2 Å². The molecule has 0 unspecified atom stereocenters. The lowest BCUT2D eigenvalue weighted by atomic mass is 10.2. The molecular formula is C30H22O17. The van der Waals surface area contributed by atoms with E-state index < -0.39 is 109 Å². The number of hydrogen-bond acceptors (Lipinski definition) is 17. The average Bonchev–Trinajstić information content (AvgIpc) is 2.98. The Bertz CT molecular complexity index is 1950. The quantitative estimate of drug-likeness (QED) is 0.0976. The first-order valence-corrected chi connectivity index (χ1v) is 12.7. The molecule has 0 aliphatic rings. The maximum Gasteiger partial charge on any atom is 0.215 e. The van der Waals surface area contributed by atoms with Gasteiger partial charge in [-0.3, -0.25) is 0 Å². The molecule has 5 aromatic rings. The summed E-state index contributed by atoms with van der Waals surface area (Å²) in [6, 6.07) is 7.56. The van der Waals surface area contributed by atoms with Crippen molar-refractivity contribution in [2.75, 3.05) is 0 Å². The van der Waals surface area contributed by atoms with E-state index in [1.165, 1.54) is 0 Å². The molecular weight excluding hydrogens is 632 g/mol. The molecule has 0 amide bonds. The van der Waals surface area contributed by atoms with Gasteiger partial charge < -0.3 is 85.3 Å². The van der Waals surface area contributed by atoms with Crippen LogP contribution in [0.15, 0.2) is 54.6 Å². The zero-order chi connectivity index (χ0) is 34.3. The van der Waals surface area contributed by atoms with Crippen molar-refractivity contribution in [1.29, 1.82) is 0 Å². The monoisotopic (exact) mass is 654 g/mol. The minimum absolute atomic E-state index is 0.318. The summed E-state index contributed by atoms with van der Waals surface area (Å²) in [5, 5.41) is 131. The molecule has 0 radical (unpaired) electrons. The van der Waals surface area contributed by atoms with E-state index in [1.54, 1.807) is 0 Å².